The van der Waals surface area contributed by atoms with Crippen molar-refractivity contribution < 1.29 is 13.9 Å². The average molecular weight is 422 g/mol. The minimum atomic E-state index is -0.288. The van der Waals surface area contributed by atoms with Crippen LogP contribution in [0.5, 0.6) is 0 Å². The summed E-state index contributed by atoms with van der Waals surface area (Å²) in [6.45, 7) is 3.56. The summed E-state index contributed by atoms with van der Waals surface area (Å²) >= 11 is 0. The van der Waals surface area contributed by atoms with Gasteiger partial charge in [-0.05, 0) is 68.1 Å². The zero-order chi connectivity index (χ0) is 21.4. The van der Waals surface area contributed by atoms with Gasteiger partial charge in [0.1, 0.15) is 5.82 Å². The number of halogens is 1. The van der Waals surface area contributed by atoms with Crippen molar-refractivity contribution in [3.63, 3.8) is 0 Å². The number of hydrogen-bond donors (Lipinski definition) is 1. The van der Waals surface area contributed by atoms with Gasteiger partial charge in [0.05, 0.1) is 0 Å². The maximum Gasteiger partial charge on any atom is 0.256 e. The summed E-state index contributed by atoms with van der Waals surface area (Å²) in [5.41, 5.74) is 3.92. The predicted octanol–water partition coefficient (Wildman–Crippen LogP) is 4.36. The molecule has 1 saturated heterocycles. The molecule has 31 heavy (non-hydrogen) atoms. The summed E-state index contributed by atoms with van der Waals surface area (Å²) < 4.78 is 19.3. The fourth-order valence-electron chi connectivity index (χ4n) is 5.10. The number of fused-ring (bicyclic) bond motifs is 2. The first-order valence-electron chi connectivity index (χ1n) is 11.0. The van der Waals surface area contributed by atoms with Crippen molar-refractivity contribution in [2.75, 3.05) is 33.3 Å². The van der Waals surface area contributed by atoms with Crippen molar-refractivity contribution in [3.8, 4) is 0 Å². The Kier molecular flexibility index (Phi) is 5.50. The van der Waals surface area contributed by atoms with Crippen LogP contribution in [0.3, 0.4) is 0 Å². The second-order valence-corrected chi connectivity index (χ2v) is 8.67. The lowest BCUT2D eigenvalue weighted by Gasteiger charge is -2.34. The summed E-state index contributed by atoms with van der Waals surface area (Å²) in [6.07, 6.45) is 4.94. The van der Waals surface area contributed by atoms with E-state index in [1.807, 2.05) is 41.4 Å². The highest BCUT2D eigenvalue weighted by atomic mass is 19.1. The molecule has 1 atom stereocenters. The minimum Gasteiger partial charge on any atom is -0.361 e. The van der Waals surface area contributed by atoms with Crippen LogP contribution in [0, 0.1) is 11.7 Å². The average Bonchev–Trinajstić information content (AvgIpc) is 3.31. The Morgan fingerprint density at radius 1 is 1.13 bits per heavy atom. The van der Waals surface area contributed by atoms with Gasteiger partial charge in [-0.1, -0.05) is 18.2 Å². The second kappa shape index (κ2) is 8.44. The van der Waals surface area contributed by atoms with E-state index in [1.165, 1.54) is 11.6 Å². The molecule has 0 radical (unpaired) electrons. The molecule has 0 spiro atoms. The van der Waals surface area contributed by atoms with Crippen molar-refractivity contribution in [2.24, 2.45) is 5.92 Å². The molecule has 1 unspecified atom stereocenters. The number of hydrogen-bond acceptors (Lipinski definition) is 3. The second-order valence-electron chi connectivity index (χ2n) is 8.67. The number of nitrogens with zero attached hydrogens (tertiary/aromatic N) is 2. The predicted molar refractivity (Wildman–Crippen MR) is 118 cm³/mol. The largest absolute Gasteiger partial charge is 0.361 e. The van der Waals surface area contributed by atoms with Gasteiger partial charge < -0.3 is 19.5 Å². The highest BCUT2D eigenvalue weighted by molar-refractivity contribution is 5.98. The zero-order valence-electron chi connectivity index (χ0n) is 17.8. The summed E-state index contributed by atoms with van der Waals surface area (Å²) in [4.78, 5) is 20.3. The Balaban J connectivity index is 1.15. The zero-order valence-corrected chi connectivity index (χ0v) is 17.8. The summed E-state index contributed by atoms with van der Waals surface area (Å²) in [5.74, 6) is 0.475. The van der Waals surface area contributed by atoms with E-state index >= 15 is 0 Å². The molecule has 3 aromatic rings. The van der Waals surface area contributed by atoms with Gasteiger partial charge in [-0.25, -0.2) is 4.39 Å². The van der Waals surface area contributed by atoms with Gasteiger partial charge in [0.25, 0.3) is 5.91 Å². The number of ether oxygens (including phenoxy) is 1. The Labute approximate surface area is 181 Å². The van der Waals surface area contributed by atoms with Crippen LogP contribution < -0.4 is 0 Å². The molecule has 0 saturated carbocycles. The van der Waals surface area contributed by atoms with Gasteiger partial charge in [0.15, 0.2) is 6.23 Å². The Morgan fingerprint density at radius 3 is 2.74 bits per heavy atom. The number of amides is 1. The third kappa shape index (κ3) is 3.86. The van der Waals surface area contributed by atoms with Crippen molar-refractivity contribution in [1.29, 1.82) is 0 Å². The first-order chi connectivity index (χ1) is 15.1. The van der Waals surface area contributed by atoms with E-state index in [0.29, 0.717) is 12.5 Å². The number of methoxy groups -OCH3 is 1. The van der Waals surface area contributed by atoms with E-state index in [-0.39, 0.29) is 18.0 Å². The smallest absolute Gasteiger partial charge is 0.256 e. The minimum absolute atomic E-state index is 0.0592. The number of carbonyl (C=O) groups excluding carboxylic acids is 1. The Morgan fingerprint density at radius 2 is 1.94 bits per heavy atom. The molecular weight excluding hydrogens is 393 g/mol. The molecule has 2 aromatic carbocycles. The number of aromatic nitrogens is 1. The van der Waals surface area contributed by atoms with E-state index in [2.05, 4.69) is 9.88 Å². The van der Waals surface area contributed by atoms with E-state index in [1.54, 1.807) is 13.2 Å². The summed E-state index contributed by atoms with van der Waals surface area (Å²) in [6, 6.07) is 12.7. The Hall–Kier alpha value is -2.70. The van der Waals surface area contributed by atoms with Gasteiger partial charge in [0.2, 0.25) is 0 Å². The lowest BCUT2D eigenvalue weighted by Crippen LogP contribution is -2.41. The first-order valence-corrected chi connectivity index (χ1v) is 11.0. The van der Waals surface area contributed by atoms with Crippen LogP contribution in [0.4, 0.5) is 4.39 Å². The molecule has 1 aromatic heterocycles. The van der Waals surface area contributed by atoms with Gasteiger partial charge >= 0.3 is 0 Å². The SMILES string of the molecule is COC1c2ccccc2C(=O)N1CCN1CCC(Cc2c[nH]c3ccc(F)cc23)CC1. The fraction of sp³-hybridized carbons (Fsp3) is 0.400. The van der Waals surface area contributed by atoms with Crippen molar-refractivity contribution in [2.45, 2.75) is 25.5 Å². The van der Waals surface area contributed by atoms with Crippen LogP contribution in [-0.2, 0) is 11.2 Å². The lowest BCUT2D eigenvalue weighted by atomic mass is 9.90. The van der Waals surface area contributed by atoms with Crippen LogP contribution in [-0.4, -0.2) is 54.0 Å². The maximum absolute atomic E-state index is 13.6. The number of benzene rings is 2. The summed E-state index contributed by atoms with van der Waals surface area (Å²) in [7, 11) is 1.66. The molecule has 3 heterocycles. The van der Waals surface area contributed by atoms with Crippen molar-refractivity contribution in [1.82, 2.24) is 14.8 Å². The number of aromatic amines is 1. The fourth-order valence-corrected chi connectivity index (χ4v) is 5.10. The van der Waals surface area contributed by atoms with Gasteiger partial charge in [0, 0.05) is 48.4 Å². The summed E-state index contributed by atoms with van der Waals surface area (Å²) in [5, 5.41) is 1.00. The molecule has 162 valence electrons. The normalized spacial score (nSPS) is 20.0. The molecule has 2 aliphatic rings. The highest BCUT2D eigenvalue weighted by Crippen LogP contribution is 2.34. The quantitative estimate of drug-likeness (QED) is 0.643. The van der Waals surface area contributed by atoms with Crippen LogP contribution in [0.1, 0.15) is 40.6 Å². The molecule has 5 nitrogen and oxygen atoms in total. The van der Waals surface area contributed by atoms with E-state index < -0.39 is 0 Å². The van der Waals surface area contributed by atoms with E-state index in [9.17, 15) is 9.18 Å². The molecule has 1 N–H and O–H groups in total. The maximum atomic E-state index is 13.6. The molecule has 1 fully saturated rings. The van der Waals surface area contributed by atoms with Crippen molar-refractivity contribution in [3.05, 3.63) is 71.2 Å². The number of nitrogens with one attached hydrogen (secondary N) is 1. The monoisotopic (exact) mass is 421 g/mol. The van der Waals surface area contributed by atoms with Crippen LogP contribution in [0.25, 0.3) is 10.9 Å². The van der Waals surface area contributed by atoms with E-state index in [0.717, 1.165) is 60.9 Å². The molecule has 1 amide bonds. The van der Waals surface area contributed by atoms with E-state index in [4.69, 9.17) is 4.74 Å². The standard InChI is InChI=1S/C25H28FN3O2/c1-31-25-21-5-3-2-4-20(21)24(30)29(25)13-12-28-10-8-17(9-11-28)14-18-16-27-23-7-6-19(26)15-22(18)23/h2-7,15-17,25,27H,8-14H2,1H3. The molecule has 5 rings (SSSR count). The third-order valence-corrected chi connectivity index (χ3v) is 6.83. The van der Waals surface area contributed by atoms with Crippen molar-refractivity contribution >= 4 is 16.8 Å². The molecule has 6 heteroatoms. The number of H-pyrrole nitrogens is 1. The molecule has 0 aliphatic carbocycles. The number of likely N-dealkylation sites (tertiary alicyclic amines) is 1. The lowest BCUT2D eigenvalue weighted by molar-refractivity contribution is -0.0166. The van der Waals surface area contributed by atoms with Crippen LogP contribution in [0.15, 0.2) is 48.7 Å². The number of carbonyl (C=O) groups is 1. The number of rotatable bonds is 6. The molecular formula is C25H28FN3O2. The molecule has 0 bridgehead atoms. The number of piperidine rings is 1. The topological polar surface area (TPSA) is 48.6 Å². The highest BCUT2D eigenvalue weighted by Gasteiger charge is 2.36. The third-order valence-electron chi connectivity index (χ3n) is 6.83. The Bertz CT molecular complexity index is 1090. The van der Waals surface area contributed by atoms with Gasteiger partial charge in [-0.2, -0.15) is 0 Å². The van der Waals surface area contributed by atoms with Gasteiger partial charge in [-0.15, -0.1) is 0 Å². The van der Waals surface area contributed by atoms with Gasteiger partial charge in [-0.3, -0.25) is 4.79 Å². The first kappa shape index (κ1) is 20.2. The van der Waals surface area contributed by atoms with Crippen LogP contribution in [0.2, 0.25) is 0 Å². The van der Waals surface area contributed by atoms with Crippen LogP contribution >= 0.6 is 0 Å². The molecule has 2 aliphatic heterocycles.